The maximum Gasteiger partial charge on any atom is 0.222 e. The molecule has 0 radical (unpaired) electrons. The molecule has 3 aromatic rings. The lowest BCUT2D eigenvalue weighted by atomic mass is 10.2. The quantitative estimate of drug-likeness (QED) is 0.744. The van der Waals surface area contributed by atoms with Gasteiger partial charge in [-0.3, -0.25) is 9.48 Å². The van der Waals surface area contributed by atoms with Crippen LogP contribution >= 0.6 is 22.9 Å². The second-order valence-corrected chi connectivity index (χ2v) is 6.25. The van der Waals surface area contributed by atoms with E-state index in [1.165, 1.54) is 0 Å². The van der Waals surface area contributed by atoms with E-state index >= 15 is 0 Å². The molecule has 0 unspecified atom stereocenters. The van der Waals surface area contributed by atoms with Crippen LogP contribution in [0.15, 0.2) is 48.1 Å². The molecule has 0 bridgehead atoms. The van der Waals surface area contributed by atoms with E-state index in [1.54, 1.807) is 28.4 Å². The van der Waals surface area contributed by atoms with Gasteiger partial charge in [0, 0.05) is 30.1 Å². The van der Waals surface area contributed by atoms with Gasteiger partial charge in [-0.05, 0) is 0 Å². The standard InChI is InChI=1S/C16H15ClN4OS/c17-13-8-19-21(10-13)7-6-15(22)18-9-14-11-23-16(20-14)12-4-2-1-3-5-12/h1-5,8,10-11H,6-7,9H2,(H,18,22). The highest BCUT2D eigenvalue weighted by Gasteiger charge is 2.07. The molecule has 118 valence electrons. The molecule has 0 saturated heterocycles. The maximum atomic E-state index is 11.9. The number of hydrogen-bond donors (Lipinski definition) is 1. The van der Waals surface area contributed by atoms with Crippen molar-refractivity contribution in [3.63, 3.8) is 0 Å². The lowest BCUT2D eigenvalue weighted by Gasteiger charge is -2.03. The van der Waals surface area contributed by atoms with Gasteiger partial charge in [-0.25, -0.2) is 4.98 Å². The number of hydrogen-bond acceptors (Lipinski definition) is 4. The van der Waals surface area contributed by atoms with E-state index in [-0.39, 0.29) is 5.91 Å². The van der Waals surface area contributed by atoms with Crippen molar-refractivity contribution in [2.45, 2.75) is 19.5 Å². The summed E-state index contributed by atoms with van der Waals surface area (Å²) in [5.74, 6) is -0.0362. The fourth-order valence-electron chi connectivity index (χ4n) is 2.06. The predicted octanol–water partition coefficient (Wildman–Crippen LogP) is 3.37. The molecule has 7 heteroatoms. The first-order valence-electron chi connectivity index (χ1n) is 7.15. The molecule has 1 aromatic carbocycles. The first-order chi connectivity index (χ1) is 11.2. The maximum absolute atomic E-state index is 11.9. The van der Waals surface area contributed by atoms with Crippen LogP contribution in [-0.2, 0) is 17.9 Å². The largest absolute Gasteiger partial charge is 0.350 e. The Hall–Kier alpha value is -2.18. The first-order valence-corrected chi connectivity index (χ1v) is 8.41. The number of aromatic nitrogens is 3. The summed E-state index contributed by atoms with van der Waals surface area (Å²) in [6, 6.07) is 10.00. The molecule has 2 aromatic heterocycles. The molecule has 0 fully saturated rings. The van der Waals surface area contributed by atoms with Crippen molar-refractivity contribution >= 4 is 28.8 Å². The van der Waals surface area contributed by atoms with E-state index < -0.39 is 0 Å². The monoisotopic (exact) mass is 346 g/mol. The average Bonchev–Trinajstić information content (AvgIpc) is 3.21. The molecule has 0 aliphatic carbocycles. The molecule has 0 aliphatic heterocycles. The van der Waals surface area contributed by atoms with Crippen LogP contribution in [0.3, 0.4) is 0 Å². The Kier molecular flexibility index (Phi) is 5.05. The first kappa shape index (κ1) is 15.7. The zero-order valence-corrected chi connectivity index (χ0v) is 13.8. The summed E-state index contributed by atoms with van der Waals surface area (Å²) in [5, 5.41) is 10.4. The van der Waals surface area contributed by atoms with Gasteiger partial charge in [0.25, 0.3) is 0 Å². The smallest absolute Gasteiger partial charge is 0.222 e. The molecule has 3 rings (SSSR count). The molecule has 2 heterocycles. The van der Waals surface area contributed by atoms with Crippen molar-refractivity contribution in [3.8, 4) is 10.6 Å². The number of amides is 1. The number of benzene rings is 1. The van der Waals surface area contributed by atoms with Crippen LogP contribution in [0.25, 0.3) is 10.6 Å². The topological polar surface area (TPSA) is 59.8 Å². The number of nitrogens with one attached hydrogen (secondary N) is 1. The van der Waals surface area contributed by atoms with Crippen molar-refractivity contribution in [1.82, 2.24) is 20.1 Å². The molecular weight excluding hydrogens is 332 g/mol. The van der Waals surface area contributed by atoms with Crippen LogP contribution in [-0.4, -0.2) is 20.7 Å². The van der Waals surface area contributed by atoms with Gasteiger partial charge in [0.2, 0.25) is 5.91 Å². The van der Waals surface area contributed by atoms with Gasteiger partial charge >= 0.3 is 0 Å². The Bertz CT molecular complexity index is 784. The van der Waals surface area contributed by atoms with Gasteiger partial charge in [-0.2, -0.15) is 5.10 Å². The molecule has 0 spiro atoms. The van der Waals surface area contributed by atoms with Gasteiger partial charge in [0.1, 0.15) is 5.01 Å². The van der Waals surface area contributed by atoms with Crippen molar-refractivity contribution in [2.24, 2.45) is 0 Å². The molecular formula is C16H15ClN4OS. The van der Waals surface area contributed by atoms with Crippen molar-refractivity contribution in [1.29, 1.82) is 0 Å². The van der Waals surface area contributed by atoms with Crippen LogP contribution in [0.4, 0.5) is 0 Å². The van der Waals surface area contributed by atoms with E-state index in [2.05, 4.69) is 15.4 Å². The summed E-state index contributed by atoms with van der Waals surface area (Å²) < 4.78 is 1.65. The molecule has 0 saturated carbocycles. The second-order valence-electron chi connectivity index (χ2n) is 4.96. The summed E-state index contributed by atoms with van der Waals surface area (Å²) in [6.07, 6.45) is 3.61. The molecule has 1 amide bonds. The lowest BCUT2D eigenvalue weighted by Crippen LogP contribution is -2.24. The van der Waals surface area contributed by atoms with Gasteiger partial charge in [0.05, 0.1) is 23.5 Å². The van der Waals surface area contributed by atoms with Gasteiger partial charge in [-0.15, -0.1) is 11.3 Å². The number of thiazole rings is 1. The van der Waals surface area contributed by atoms with Crippen LogP contribution in [0.1, 0.15) is 12.1 Å². The third kappa shape index (κ3) is 4.40. The minimum absolute atomic E-state index is 0.0362. The fourth-order valence-corrected chi connectivity index (χ4v) is 3.04. The average molecular weight is 347 g/mol. The van der Waals surface area contributed by atoms with E-state index in [4.69, 9.17) is 11.6 Å². The van der Waals surface area contributed by atoms with Gasteiger partial charge in [-0.1, -0.05) is 41.9 Å². The van der Waals surface area contributed by atoms with E-state index in [1.807, 2.05) is 35.7 Å². The summed E-state index contributed by atoms with van der Waals surface area (Å²) in [4.78, 5) is 16.4. The number of rotatable bonds is 6. The minimum Gasteiger partial charge on any atom is -0.350 e. The van der Waals surface area contributed by atoms with E-state index in [0.717, 1.165) is 16.3 Å². The normalized spacial score (nSPS) is 10.7. The Morgan fingerprint density at radius 3 is 2.87 bits per heavy atom. The third-order valence-corrected chi connectivity index (χ3v) is 4.34. The molecule has 23 heavy (non-hydrogen) atoms. The summed E-state index contributed by atoms with van der Waals surface area (Å²) in [5.41, 5.74) is 1.95. The fraction of sp³-hybridized carbons (Fsp3) is 0.188. The summed E-state index contributed by atoms with van der Waals surface area (Å²) in [7, 11) is 0. The Morgan fingerprint density at radius 2 is 2.13 bits per heavy atom. The molecule has 0 atom stereocenters. The molecule has 0 aliphatic rings. The zero-order valence-electron chi connectivity index (χ0n) is 12.3. The van der Waals surface area contributed by atoms with E-state index in [0.29, 0.717) is 24.5 Å². The van der Waals surface area contributed by atoms with Crippen LogP contribution in [0, 0.1) is 0 Å². The second kappa shape index (κ2) is 7.39. The van der Waals surface area contributed by atoms with Crippen molar-refractivity contribution < 1.29 is 4.79 Å². The summed E-state index contributed by atoms with van der Waals surface area (Å²) >= 11 is 7.35. The van der Waals surface area contributed by atoms with Crippen molar-refractivity contribution in [2.75, 3.05) is 0 Å². The zero-order chi connectivity index (χ0) is 16.1. The number of aryl methyl sites for hydroxylation is 1. The Labute approximate surface area is 142 Å². The molecule has 5 nitrogen and oxygen atoms in total. The van der Waals surface area contributed by atoms with Crippen LogP contribution < -0.4 is 5.32 Å². The van der Waals surface area contributed by atoms with Gasteiger partial charge in [0.15, 0.2) is 0 Å². The number of halogens is 1. The predicted molar refractivity (Wildman–Crippen MR) is 91.3 cm³/mol. The number of carbonyl (C=O) groups is 1. The SMILES string of the molecule is O=C(CCn1cc(Cl)cn1)NCc1csc(-c2ccccc2)n1. The Balaban J connectivity index is 1.48. The minimum atomic E-state index is -0.0362. The highest BCUT2D eigenvalue weighted by atomic mass is 35.5. The van der Waals surface area contributed by atoms with Crippen LogP contribution in [0.5, 0.6) is 0 Å². The Morgan fingerprint density at radius 1 is 1.30 bits per heavy atom. The van der Waals surface area contributed by atoms with E-state index in [9.17, 15) is 4.79 Å². The highest BCUT2D eigenvalue weighted by molar-refractivity contribution is 7.13. The van der Waals surface area contributed by atoms with Gasteiger partial charge < -0.3 is 5.32 Å². The number of carbonyl (C=O) groups excluding carboxylic acids is 1. The summed E-state index contributed by atoms with van der Waals surface area (Å²) in [6.45, 7) is 0.937. The van der Waals surface area contributed by atoms with Crippen LogP contribution in [0.2, 0.25) is 5.02 Å². The van der Waals surface area contributed by atoms with Crippen molar-refractivity contribution in [3.05, 3.63) is 58.8 Å². The number of nitrogens with zero attached hydrogens (tertiary/aromatic N) is 3. The lowest BCUT2D eigenvalue weighted by molar-refractivity contribution is -0.121. The third-order valence-electron chi connectivity index (χ3n) is 3.21. The molecule has 1 N–H and O–H groups in total. The highest BCUT2D eigenvalue weighted by Crippen LogP contribution is 2.23.